The molecule has 3 nitrogen and oxygen atoms in total. The van der Waals surface area contributed by atoms with Gasteiger partial charge in [-0.3, -0.25) is 5.32 Å². The quantitative estimate of drug-likeness (QED) is 0.833. The van der Waals surface area contributed by atoms with Crippen molar-refractivity contribution in [2.45, 2.75) is 43.2 Å². The number of nitrogens with one attached hydrogen (secondary N) is 1. The number of sulfone groups is 1. The Morgan fingerprint density at radius 1 is 1.12 bits per heavy atom. The molecular weight excluding hydrogens is 330 g/mol. The highest BCUT2D eigenvalue weighted by Crippen LogP contribution is 2.37. The van der Waals surface area contributed by atoms with E-state index in [1.807, 2.05) is 49.4 Å². The third-order valence-corrected chi connectivity index (χ3v) is 7.01. The van der Waals surface area contributed by atoms with Gasteiger partial charge in [0.2, 0.25) is 0 Å². The van der Waals surface area contributed by atoms with Crippen molar-refractivity contribution < 1.29 is 8.42 Å². The van der Waals surface area contributed by atoms with Crippen molar-refractivity contribution in [2.75, 3.05) is 5.75 Å². The van der Waals surface area contributed by atoms with Crippen LogP contribution in [0.2, 0.25) is 0 Å². The van der Waals surface area contributed by atoms with E-state index in [1.54, 1.807) is 6.07 Å². The monoisotopic (exact) mass is 355 g/mol. The van der Waals surface area contributed by atoms with E-state index in [0.717, 1.165) is 17.5 Å². The lowest BCUT2D eigenvalue weighted by molar-refractivity contribution is 0.326. The molecule has 2 aromatic carbocycles. The Bertz CT molecular complexity index is 858. The van der Waals surface area contributed by atoms with E-state index in [9.17, 15) is 8.42 Å². The van der Waals surface area contributed by atoms with Crippen molar-refractivity contribution in [1.82, 2.24) is 5.32 Å². The van der Waals surface area contributed by atoms with E-state index in [2.05, 4.69) is 30.4 Å². The summed E-state index contributed by atoms with van der Waals surface area (Å²) in [6.07, 6.45) is 5.48. The van der Waals surface area contributed by atoms with Gasteiger partial charge < -0.3 is 0 Å². The standard InChI is InChI=1S/C21H25NO2S/c1-3-5-15-21(4-2)16-25(23,24)19-14-10-9-13-18(19)20(22-21)17-11-7-6-8-12-17/h3,5-14,20,22H,4,15-16H2,1-2H3/b5-3+/t20-,21-/m0/s1. The number of fused-ring (bicyclic) bond motifs is 1. The minimum Gasteiger partial charge on any atom is -0.299 e. The maximum Gasteiger partial charge on any atom is 0.180 e. The van der Waals surface area contributed by atoms with Crippen molar-refractivity contribution in [2.24, 2.45) is 0 Å². The predicted molar refractivity (Wildman–Crippen MR) is 102 cm³/mol. The van der Waals surface area contributed by atoms with Gasteiger partial charge in [0, 0.05) is 5.54 Å². The molecule has 0 bridgehead atoms. The molecule has 132 valence electrons. The first-order valence-corrected chi connectivity index (χ1v) is 10.4. The highest BCUT2D eigenvalue weighted by molar-refractivity contribution is 7.91. The Balaban J connectivity index is 2.20. The van der Waals surface area contributed by atoms with Crippen LogP contribution < -0.4 is 5.32 Å². The van der Waals surface area contributed by atoms with Gasteiger partial charge in [-0.15, -0.1) is 0 Å². The number of hydrogen-bond donors (Lipinski definition) is 1. The highest BCUT2D eigenvalue weighted by atomic mass is 32.2. The van der Waals surface area contributed by atoms with Gasteiger partial charge >= 0.3 is 0 Å². The first-order valence-electron chi connectivity index (χ1n) is 8.77. The molecular formula is C21H25NO2S. The van der Waals surface area contributed by atoms with Crippen LogP contribution in [0.5, 0.6) is 0 Å². The average molecular weight is 356 g/mol. The van der Waals surface area contributed by atoms with Gasteiger partial charge in [-0.1, -0.05) is 67.6 Å². The van der Waals surface area contributed by atoms with Gasteiger partial charge in [-0.05, 0) is 37.0 Å². The fourth-order valence-corrected chi connectivity index (χ4v) is 5.71. The molecule has 0 unspecified atom stereocenters. The minimum atomic E-state index is -3.37. The summed E-state index contributed by atoms with van der Waals surface area (Å²) in [5.41, 5.74) is 1.44. The van der Waals surface area contributed by atoms with Gasteiger partial charge in [-0.2, -0.15) is 0 Å². The third kappa shape index (κ3) is 3.55. The molecule has 0 aliphatic carbocycles. The maximum absolute atomic E-state index is 13.1. The summed E-state index contributed by atoms with van der Waals surface area (Å²) in [6, 6.07) is 17.3. The summed E-state index contributed by atoms with van der Waals surface area (Å²) in [6.45, 7) is 4.03. The van der Waals surface area contributed by atoms with E-state index in [1.165, 1.54) is 0 Å². The Morgan fingerprint density at radius 2 is 1.80 bits per heavy atom. The van der Waals surface area contributed by atoms with Crippen LogP contribution in [0.4, 0.5) is 0 Å². The third-order valence-electron chi connectivity index (χ3n) is 5.04. The minimum absolute atomic E-state index is 0.112. The zero-order valence-electron chi connectivity index (χ0n) is 14.8. The van der Waals surface area contributed by atoms with Crippen LogP contribution in [-0.4, -0.2) is 19.7 Å². The van der Waals surface area contributed by atoms with Crippen LogP contribution in [0.25, 0.3) is 0 Å². The molecule has 25 heavy (non-hydrogen) atoms. The van der Waals surface area contributed by atoms with Crippen LogP contribution >= 0.6 is 0 Å². The van der Waals surface area contributed by atoms with Gasteiger partial charge in [0.1, 0.15) is 0 Å². The number of benzene rings is 2. The molecule has 1 heterocycles. The van der Waals surface area contributed by atoms with Crippen molar-refractivity contribution in [3.63, 3.8) is 0 Å². The van der Waals surface area contributed by atoms with E-state index in [4.69, 9.17) is 0 Å². The van der Waals surface area contributed by atoms with Gasteiger partial charge in [0.05, 0.1) is 16.7 Å². The molecule has 0 spiro atoms. The summed E-state index contributed by atoms with van der Waals surface area (Å²) < 4.78 is 26.3. The molecule has 1 N–H and O–H groups in total. The lowest BCUT2D eigenvalue weighted by atomic mass is 9.89. The zero-order chi connectivity index (χ0) is 17.9. The average Bonchev–Trinajstić information content (AvgIpc) is 2.74. The molecule has 2 aromatic rings. The molecule has 0 amide bonds. The summed E-state index contributed by atoms with van der Waals surface area (Å²) >= 11 is 0. The molecule has 1 aliphatic rings. The summed E-state index contributed by atoms with van der Waals surface area (Å²) in [5.74, 6) is 0.112. The molecule has 0 radical (unpaired) electrons. The lowest BCUT2D eigenvalue weighted by Gasteiger charge is -2.35. The molecule has 0 saturated carbocycles. The Labute approximate surface area is 150 Å². The topological polar surface area (TPSA) is 46.2 Å². The number of allylic oxidation sites excluding steroid dienone is 1. The summed E-state index contributed by atoms with van der Waals surface area (Å²) in [7, 11) is -3.37. The normalized spacial score (nSPS) is 25.4. The Hall–Kier alpha value is -1.91. The second-order valence-electron chi connectivity index (χ2n) is 6.69. The second-order valence-corrected chi connectivity index (χ2v) is 8.65. The first-order chi connectivity index (χ1) is 12.0. The second kappa shape index (κ2) is 7.14. The maximum atomic E-state index is 13.1. The van der Waals surface area contributed by atoms with Crippen LogP contribution in [-0.2, 0) is 9.84 Å². The Morgan fingerprint density at radius 3 is 2.48 bits per heavy atom. The number of hydrogen-bond acceptors (Lipinski definition) is 3. The lowest BCUT2D eigenvalue weighted by Crippen LogP contribution is -2.49. The fraction of sp³-hybridized carbons (Fsp3) is 0.333. The molecule has 4 heteroatoms. The summed E-state index contributed by atoms with van der Waals surface area (Å²) in [5, 5.41) is 3.71. The van der Waals surface area contributed by atoms with Crippen molar-refractivity contribution in [3.8, 4) is 0 Å². The molecule has 3 rings (SSSR count). The van der Waals surface area contributed by atoms with Crippen LogP contribution in [0.1, 0.15) is 43.9 Å². The molecule has 1 aliphatic heterocycles. The molecule has 0 aromatic heterocycles. The van der Waals surface area contributed by atoms with E-state index in [0.29, 0.717) is 11.3 Å². The smallest absolute Gasteiger partial charge is 0.180 e. The van der Waals surface area contributed by atoms with Gasteiger partial charge in [-0.25, -0.2) is 8.42 Å². The van der Waals surface area contributed by atoms with Crippen LogP contribution in [0.3, 0.4) is 0 Å². The number of rotatable bonds is 4. The molecule has 0 fully saturated rings. The van der Waals surface area contributed by atoms with Crippen molar-refractivity contribution in [3.05, 3.63) is 77.9 Å². The van der Waals surface area contributed by atoms with E-state index in [-0.39, 0.29) is 11.8 Å². The van der Waals surface area contributed by atoms with Gasteiger partial charge in [0.25, 0.3) is 0 Å². The highest BCUT2D eigenvalue weighted by Gasteiger charge is 2.41. The van der Waals surface area contributed by atoms with E-state index >= 15 is 0 Å². The van der Waals surface area contributed by atoms with Crippen LogP contribution in [0, 0.1) is 0 Å². The van der Waals surface area contributed by atoms with E-state index < -0.39 is 15.4 Å². The fourth-order valence-electron chi connectivity index (χ4n) is 3.59. The first kappa shape index (κ1) is 17.9. The summed E-state index contributed by atoms with van der Waals surface area (Å²) in [4.78, 5) is 0.451. The SMILES string of the molecule is C/C=C/C[C@@]1(CC)CS(=O)(=O)c2ccccc2[C@H](c2ccccc2)N1. The zero-order valence-corrected chi connectivity index (χ0v) is 15.6. The van der Waals surface area contributed by atoms with Crippen LogP contribution in [0.15, 0.2) is 71.6 Å². The van der Waals surface area contributed by atoms with Crippen molar-refractivity contribution >= 4 is 9.84 Å². The predicted octanol–water partition coefficient (Wildman–Crippen LogP) is 4.27. The van der Waals surface area contributed by atoms with Crippen molar-refractivity contribution in [1.29, 1.82) is 0 Å². The molecule has 0 saturated heterocycles. The Kier molecular flexibility index (Phi) is 5.11. The largest absolute Gasteiger partial charge is 0.299 e. The molecule has 2 atom stereocenters. The van der Waals surface area contributed by atoms with Gasteiger partial charge in [0.15, 0.2) is 9.84 Å².